The number of hydrogen-bond acceptors (Lipinski definition) is 7. The first-order valence-electron chi connectivity index (χ1n) is 9.47. The predicted molar refractivity (Wildman–Crippen MR) is 108 cm³/mol. The van der Waals surface area contributed by atoms with E-state index < -0.39 is 6.10 Å². The minimum atomic E-state index is -0.752. The molecule has 7 nitrogen and oxygen atoms in total. The summed E-state index contributed by atoms with van der Waals surface area (Å²) in [5.74, 6) is -0.286. The summed E-state index contributed by atoms with van der Waals surface area (Å²) >= 11 is 0. The van der Waals surface area contributed by atoms with Gasteiger partial charge in [0.2, 0.25) is 0 Å². The number of ether oxygens (including phenoxy) is 2. The third-order valence-corrected chi connectivity index (χ3v) is 3.50. The van der Waals surface area contributed by atoms with Gasteiger partial charge in [-0.25, -0.2) is 0 Å². The molecule has 0 bridgehead atoms. The summed E-state index contributed by atoms with van der Waals surface area (Å²) in [6, 6.07) is 7.73. The molecule has 0 amide bonds. The molecule has 1 unspecified atom stereocenters. The first kappa shape index (κ1) is 24.9. The number of aldehydes is 1. The Bertz CT molecular complexity index is 508. The Labute approximate surface area is 162 Å². The van der Waals surface area contributed by atoms with E-state index in [2.05, 4.69) is 5.32 Å². The van der Waals surface area contributed by atoms with E-state index in [0.717, 1.165) is 24.1 Å². The molecule has 0 spiro atoms. The van der Waals surface area contributed by atoms with Crippen LogP contribution >= 0.6 is 0 Å². The van der Waals surface area contributed by atoms with E-state index in [1.165, 1.54) is 0 Å². The fourth-order valence-corrected chi connectivity index (χ4v) is 2.06. The molecule has 2 N–H and O–H groups in total. The largest absolute Gasteiger partial charge is 0.463 e. The lowest BCUT2D eigenvalue weighted by Crippen LogP contribution is -2.26. The lowest BCUT2D eigenvalue weighted by Gasteiger charge is -2.19. The number of nitrogens with one attached hydrogen (secondary N) is 1. The van der Waals surface area contributed by atoms with E-state index in [0.29, 0.717) is 26.1 Å². The first-order chi connectivity index (χ1) is 13.1. The van der Waals surface area contributed by atoms with Crippen LogP contribution in [0.2, 0.25) is 0 Å². The summed E-state index contributed by atoms with van der Waals surface area (Å²) in [5, 5.41) is 12.9. The molecule has 1 aromatic rings. The second-order valence-electron chi connectivity index (χ2n) is 5.68. The molecule has 0 aliphatic rings. The van der Waals surface area contributed by atoms with Crippen molar-refractivity contribution in [3.05, 3.63) is 24.3 Å². The van der Waals surface area contributed by atoms with Crippen LogP contribution in [0.3, 0.4) is 0 Å². The van der Waals surface area contributed by atoms with Gasteiger partial charge in [0.25, 0.3) is 0 Å². The molecule has 27 heavy (non-hydrogen) atoms. The van der Waals surface area contributed by atoms with Crippen LogP contribution in [0.25, 0.3) is 0 Å². The Balaban J connectivity index is 0.00000326. The summed E-state index contributed by atoms with van der Waals surface area (Å²) in [6.07, 6.45) is 1.09. The molecule has 1 atom stereocenters. The number of benzene rings is 1. The molecule has 1 rings (SSSR count). The zero-order chi connectivity index (χ0) is 20.5. The van der Waals surface area contributed by atoms with Gasteiger partial charge in [0.1, 0.15) is 25.6 Å². The minimum absolute atomic E-state index is 0.00650. The van der Waals surface area contributed by atoms with Gasteiger partial charge < -0.3 is 29.6 Å². The van der Waals surface area contributed by atoms with Crippen molar-refractivity contribution in [1.29, 1.82) is 0 Å². The number of hydrogen-bond donors (Lipinski definition) is 2. The maximum atomic E-state index is 11.3. The fraction of sp³-hybridized carbons (Fsp3) is 0.600. The standard InChI is InChI=1S/C18H28N2O5.C2H6/c1-3-4-18(23)25-14-17(22)13-19-15-5-7-16(8-6-15)20(2)9-11-24-12-10-21;1-2/h5-8,10,17,19,22H,3-4,9,11-14H2,1-2H3;1-2H3. The average Bonchev–Trinajstić information content (AvgIpc) is 2.70. The van der Waals surface area contributed by atoms with E-state index in [9.17, 15) is 14.7 Å². The number of likely N-dealkylation sites (N-methyl/N-ethyl adjacent to an activating group) is 1. The predicted octanol–water partition coefficient (Wildman–Crippen LogP) is 2.48. The highest BCUT2D eigenvalue weighted by atomic mass is 16.5. The summed E-state index contributed by atoms with van der Waals surface area (Å²) in [5.41, 5.74) is 1.89. The van der Waals surface area contributed by atoms with Gasteiger partial charge in [-0.1, -0.05) is 20.8 Å². The highest BCUT2D eigenvalue weighted by Crippen LogP contribution is 2.16. The van der Waals surface area contributed by atoms with Crippen molar-refractivity contribution >= 4 is 23.6 Å². The van der Waals surface area contributed by atoms with Crippen LogP contribution < -0.4 is 10.2 Å². The molecule has 154 valence electrons. The van der Waals surface area contributed by atoms with E-state index in [1.54, 1.807) is 0 Å². The number of carbonyl (C=O) groups is 2. The molecule has 0 saturated heterocycles. The van der Waals surface area contributed by atoms with Gasteiger partial charge in [-0.3, -0.25) is 4.79 Å². The van der Waals surface area contributed by atoms with Crippen molar-refractivity contribution in [2.45, 2.75) is 39.7 Å². The second-order valence-corrected chi connectivity index (χ2v) is 5.68. The third kappa shape index (κ3) is 12.0. The molecular formula is C20H34N2O5. The quantitative estimate of drug-likeness (QED) is 0.308. The number of nitrogens with zero attached hydrogens (tertiary/aromatic N) is 1. The highest BCUT2D eigenvalue weighted by Gasteiger charge is 2.08. The Morgan fingerprint density at radius 3 is 2.56 bits per heavy atom. The van der Waals surface area contributed by atoms with Gasteiger partial charge in [-0.05, 0) is 30.7 Å². The Hall–Kier alpha value is -2.12. The van der Waals surface area contributed by atoms with Crippen molar-refractivity contribution in [2.75, 3.05) is 50.2 Å². The zero-order valence-corrected chi connectivity index (χ0v) is 16.9. The van der Waals surface area contributed by atoms with Gasteiger partial charge in [0, 0.05) is 37.9 Å². The monoisotopic (exact) mass is 382 g/mol. The minimum Gasteiger partial charge on any atom is -0.463 e. The number of anilines is 2. The Kier molecular flexibility index (Phi) is 14.8. The van der Waals surface area contributed by atoms with Gasteiger partial charge >= 0.3 is 5.97 Å². The average molecular weight is 383 g/mol. The van der Waals surface area contributed by atoms with Crippen LogP contribution in [0.4, 0.5) is 11.4 Å². The Morgan fingerprint density at radius 1 is 1.30 bits per heavy atom. The van der Waals surface area contributed by atoms with E-state index >= 15 is 0 Å². The smallest absolute Gasteiger partial charge is 0.305 e. The number of rotatable bonds is 13. The van der Waals surface area contributed by atoms with Crippen molar-refractivity contribution in [1.82, 2.24) is 0 Å². The molecule has 0 radical (unpaired) electrons. The number of aliphatic hydroxyl groups is 1. The second kappa shape index (κ2) is 16.1. The first-order valence-corrected chi connectivity index (χ1v) is 9.47. The van der Waals surface area contributed by atoms with Crippen LogP contribution in [-0.4, -0.2) is 63.4 Å². The summed E-state index contributed by atoms with van der Waals surface area (Å²) in [7, 11) is 1.95. The maximum Gasteiger partial charge on any atom is 0.305 e. The molecule has 7 heteroatoms. The molecule has 0 saturated carbocycles. The fourth-order valence-electron chi connectivity index (χ4n) is 2.06. The van der Waals surface area contributed by atoms with E-state index in [1.807, 2.05) is 57.0 Å². The van der Waals surface area contributed by atoms with Crippen LogP contribution in [0.15, 0.2) is 24.3 Å². The number of esters is 1. The van der Waals surface area contributed by atoms with Crippen LogP contribution in [0.1, 0.15) is 33.6 Å². The lowest BCUT2D eigenvalue weighted by atomic mass is 10.2. The van der Waals surface area contributed by atoms with Crippen LogP contribution in [0, 0.1) is 0 Å². The van der Waals surface area contributed by atoms with Crippen molar-refractivity contribution in [2.24, 2.45) is 0 Å². The molecule has 0 aromatic heterocycles. The Morgan fingerprint density at radius 2 is 1.96 bits per heavy atom. The molecule has 0 fully saturated rings. The van der Waals surface area contributed by atoms with Crippen molar-refractivity contribution in [3.63, 3.8) is 0 Å². The molecule has 0 heterocycles. The lowest BCUT2D eigenvalue weighted by molar-refractivity contribution is -0.146. The summed E-state index contributed by atoms with van der Waals surface area (Å²) < 4.78 is 10.1. The van der Waals surface area contributed by atoms with E-state index in [4.69, 9.17) is 9.47 Å². The van der Waals surface area contributed by atoms with Gasteiger partial charge in [0.05, 0.1) is 6.61 Å². The molecule has 0 aliphatic carbocycles. The zero-order valence-electron chi connectivity index (χ0n) is 16.9. The van der Waals surface area contributed by atoms with Gasteiger partial charge in [-0.2, -0.15) is 0 Å². The summed E-state index contributed by atoms with van der Waals surface area (Å²) in [6.45, 7) is 7.48. The topological polar surface area (TPSA) is 88.1 Å². The number of carbonyl (C=O) groups excluding carboxylic acids is 2. The van der Waals surface area contributed by atoms with Gasteiger partial charge in [0.15, 0.2) is 0 Å². The van der Waals surface area contributed by atoms with Crippen LogP contribution in [0.5, 0.6) is 0 Å². The highest BCUT2D eigenvalue weighted by molar-refractivity contribution is 5.69. The third-order valence-electron chi connectivity index (χ3n) is 3.50. The SMILES string of the molecule is CC.CCCC(=O)OCC(O)CNc1ccc(N(C)CCOCC=O)cc1. The normalized spacial score (nSPS) is 11.0. The molecule has 0 aliphatic heterocycles. The van der Waals surface area contributed by atoms with Crippen molar-refractivity contribution in [3.8, 4) is 0 Å². The van der Waals surface area contributed by atoms with Crippen LogP contribution in [-0.2, 0) is 19.1 Å². The van der Waals surface area contributed by atoms with E-state index in [-0.39, 0.29) is 19.2 Å². The van der Waals surface area contributed by atoms with Gasteiger partial charge in [-0.15, -0.1) is 0 Å². The van der Waals surface area contributed by atoms with Crippen molar-refractivity contribution < 1.29 is 24.2 Å². The maximum absolute atomic E-state index is 11.3. The summed E-state index contributed by atoms with van der Waals surface area (Å²) in [4.78, 5) is 23.5. The molecule has 1 aromatic carbocycles. The number of aliphatic hydroxyl groups excluding tert-OH is 1. The molecular weight excluding hydrogens is 348 g/mol.